The Morgan fingerprint density at radius 1 is 1.34 bits per heavy atom. The predicted octanol–water partition coefficient (Wildman–Crippen LogP) is 2.96. The van der Waals surface area contributed by atoms with Crippen LogP contribution in [-0.4, -0.2) is 54.6 Å². The van der Waals surface area contributed by atoms with Gasteiger partial charge in [-0.05, 0) is 30.5 Å². The fourth-order valence-electron chi connectivity index (χ4n) is 3.51. The van der Waals surface area contributed by atoms with E-state index in [4.69, 9.17) is 4.74 Å². The Hall–Kier alpha value is -2.97. The molecule has 1 amide bonds. The van der Waals surface area contributed by atoms with Crippen LogP contribution in [0.5, 0.6) is 11.5 Å². The van der Waals surface area contributed by atoms with Gasteiger partial charge in [-0.25, -0.2) is 4.98 Å². The molecule has 1 aromatic carbocycles. The summed E-state index contributed by atoms with van der Waals surface area (Å²) in [6.45, 7) is -1.16. The first-order chi connectivity index (χ1) is 14.0. The highest BCUT2D eigenvalue weighted by Crippen LogP contribution is 2.30. The maximum Gasteiger partial charge on any atom is 0.387 e. The number of carbonyl (C=O) groups is 1. The summed E-state index contributed by atoms with van der Waals surface area (Å²) in [5, 5.41) is 0. The third-order valence-corrected chi connectivity index (χ3v) is 4.88. The highest BCUT2D eigenvalue weighted by atomic mass is 19.3. The van der Waals surface area contributed by atoms with Gasteiger partial charge in [0.1, 0.15) is 5.82 Å². The van der Waals surface area contributed by atoms with E-state index in [2.05, 4.69) is 19.6 Å². The van der Waals surface area contributed by atoms with Gasteiger partial charge < -0.3 is 19.3 Å². The topological polar surface area (TPSA) is 67.8 Å². The highest BCUT2D eigenvalue weighted by molar-refractivity contribution is 5.79. The molecule has 0 saturated carbocycles. The monoisotopic (exact) mass is 406 g/mol. The lowest BCUT2D eigenvalue weighted by molar-refractivity contribution is -0.135. The Kier molecular flexibility index (Phi) is 6.79. The van der Waals surface area contributed by atoms with E-state index < -0.39 is 6.61 Å². The van der Waals surface area contributed by atoms with Gasteiger partial charge in [-0.3, -0.25) is 9.78 Å². The fourth-order valence-corrected chi connectivity index (χ4v) is 3.51. The molecule has 2 aromatic rings. The molecule has 1 aromatic heterocycles. The Morgan fingerprint density at radius 2 is 2.17 bits per heavy atom. The first kappa shape index (κ1) is 20.8. The van der Waals surface area contributed by atoms with E-state index in [-0.39, 0.29) is 23.3 Å². The fraction of sp³-hybridized carbons (Fsp3) is 0.450. The number of amides is 1. The first-order valence-corrected chi connectivity index (χ1v) is 9.35. The molecule has 1 aliphatic heterocycles. The normalized spacial score (nSPS) is 16.6. The number of aromatic nitrogens is 2. The molecule has 7 nitrogen and oxygen atoms in total. The number of hydrogen-bond donors (Lipinski definition) is 0. The van der Waals surface area contributed by atoms with E-state index in [1.54, 1.807) is 42.7 Å². The van der Waals surface area contributed by atoms with E-state index in [0.29, 0.717) is 13.1 Å². The summed E-state index contributed by atoms with van der Waals surface area (Å²) >= 11 is 0. The summed E-state index contributed by atoms with van der Waals surface area (Å²) in [4.78, 5) is 25.1. The average molecular weight is 406 g/mol. The zero-order valence-electron chi connectivity index (χ0n) is 16.4. The number of hydrogen-bond acceptors (Lipinski definition) is 6. The lowest BCUT2D eigenvalue weighted by Crippen LogP contribution is -2.43. The molecule has 1 aliphatic rings. The van der Waals surface area contributed by atoms with Crippen LogP contribution in [0.4, 0.5) is 14.6 Å². The lowest BCUT2D eigenvalue weighted by atomic mass is 9.96. The van der Waals surface area contributed by atoms with Crippen molar-refractivity contribution in [2.75, 3.05) is 32.1 Å². The molecule has 0 N–H and O–H groups in total. The summed E-state index contributed by atoms with van der Waals surface area (Å²) in [5.74, 6) is 0.832. The van der Waals surface area contributed by atoms with Crippen LogP contribution in [0.25, 0.3) is 0 Å². The molecule has 1 saturated heterocycles. The third kappa shape index (κ3) is 5.30. The Bertz CT molecular complexity index is 823. The minimum Gasteiger partial charge on any atom is -0.493 e. The molecule has 9 heteroatoms. The van der Waals surface area contributed by atoms with Gasteiger partial charge in [0.2, 0.25) is 5.91 Å². The second kappa shape index (κ2) is 9.49. The first-order valence-electron chi connectivity index (χ1n) is 9.35. The number of halogens is 2. The van der Waals surface area contributed by atoms with Crippen molar-refractivity contribution in [2.45, 2.75) is 26.0 Å². The molecule has 1 fully saturated rings. The van der Waals surface area contributed by atoms with Crippen LogP contribution in [0.1, 0.15) is 18.4 Å². The van der Waals surface area contributed by atoms with Crippen LogP contribution in [0.15, 0.2) is 36.8 Å². The number of carbonyl (C=O) groups excluding carboxylic acids is 1. The molecule has 1 atom stereocenters. The number of alkyl halides is 2. The van der Waals surface area contributed by atoms with Crippen LogP contribution < -0.4 is 14.4 Å². The number of benzene rings is 1. The number of piperidine rings is 1. The quantitative estimate of drug-likeness (QED) is 0.704. The number of anilines is 1. The van der Waals surface area contributed by atoms with Crippen LogP contribution in [0.2, 0.25) is 0 Å². The molecule has 0 spiro atoms. The second-order valence-corrected chi connectivity index (χ2v) is 6.91. The average Bonchev–Trinajstić information content (AvgIpc) is 2.74. The standard InChI is InChI=1S/C20H24F2N4O3/c1-25(12-14-5-6-16(29-20(21)22)17(10-14)28-2)19(27)15-4-3-9-26(13-15)18-11-23-7-8-24-18/h5-8,10-11,15,20H,3-4,9,12-13H2,1-2H3/t15-/m0/s1. The van der Waals surface area contributed by atoms with E-state index in [1.807, 2.05) is 0 Å². The molecule has 29 heavy (non-hydrogen) atoms. The van der Waals surface area contributed by atoms with Gasteiger partial charge in [-0.1, -0.05) is 6.07 Å². The summed E-state index contributed by atoms with van der Waals surface area (Å²) in [7, 11) is 3.12. The van der Waals surface area contributed by atoms with Crippen molar-refractivity contribution in [1.29, 1.82) is 0 Å². The summed E-state index contributed by atoms with van der Waals surface area (Å²) in [5.41, 5.74) is 0.765. The van der Waals surface area contributed by atoms with Crippen molar-refractivity contribution < 1.29 is 23.0 Å². The van der Waals surface area contributed by atoms with Crippen molar-refractivity contribution in [2.24, 2.45) is 5.92 Å². The maximum absolute atomic E-state index is 13.0. The number of methoxy groups -OCH3 is 1. The van der Waals surface area contributed by atoms with Gasteiger partial charge >= 0.3 is 6.61 Å². The van der Waals surface area contributed by atoms with Crippen molar-refractivity contribution in [3.05, 3.63) is 42.4 Å². The number of nitrogens with zero attached hydrogens (tertiary/aromatic N) is 4. The summed E-state index contributed by atoms with van der Waals surface area (Å²) < 4.78 is 34.5. The second-order valence-electron chi connectivity index (χ2n) is 6.91. The van der Waals surface area contributed by atoms with E-state index in [9.17, 15) is 13.6 Å². The van der Waals surface area contributed by atoms with Gasteiger partial charge in [0.05, 0.1) is 19.2 Å². The van der Waals surface area contributed by atoms with Gasteiger partial charge in [0, 0.05) is 39.1 Å². The van der Waals surface area contributed by atoms with E-state index in [0.717, 1.165) is 30.8 Å². The van der Waals surface area contributed by atoms with E-state index >= 15 is 0 Å². The van der Waals surface area contributed by atoms with Gasteiger partial charge in [0.25, 0.3) is 0 Å². The largest absolute Gasteiger partial charge is 0.493 e. The molecule has 3 rings (SSSR count). The molecule has 2 heterocycles. The summed E-state index contributed by atoms with van der Waals surface area (Å²) in [6.07, 6.45) is 6.67. The molecule has 0 radical (unpaired) electrons. The summed E-state index contributed by atoms with van der Waals surface area (Å²) in [6, 6.07) is 4.68. The maximum atomic E-state index is 13.0. The predicted molar refractivity (Wildman–Crippen MR) is 103 cm³/mol. The van der Waals surface area contributed by atoms with E-state index in [1.165, 1.54) is 13.2 Å². The van der Waals surface area contributed by atoms with Crippen molar-refractivity contribution in [3.63, 3.8) is 0 Å². The van der Waals surface area contributed by atoms with Gasteiger partial charge in [0.15, 0.2) is 11.5 Å². The minimum atomic E-state index is -2.93. The Labute approximate surface area is 168 Å². The molecule has 0 aliphatic carbocycles. The molecule has 0 bridgehead atoms. The Balaban J connectivity index is 1.64. The van der Waals surface area contributed by atoms with Crippen molar-refractivity contribution in [3.8, 4) is 11.5 Å². The van der Waals surface area contributed by atoms with Crippen LogP contribution >= 0.6 is 0 Å². The van der Waals surface area contributed by atoms with Crippen LogP contribution in [0, 0.1) is 5.92 Å². The molecular formula is C20H24F2N4O3. The van der Waals surface area contributed by atoms with Crippen molar-refractivity contribution in [1.82, 2.24) is 14.9 Å². The van der Waals surface area contributed by atoms with Crippen LogP contribution in [0.3, 0.4) is 0 Å². The van der Waals surface area contributed by atoms with Gasteiger partial charge in [-0.2, -0.15) is 8.78 Å². The van der Waals surface area contributed by atoms with Gasteiger partial charge in [-0.15, -0.1) is 0 Å². The zero-order valence-corrected chi connectivity index (χ0v) is 16.4. The zero-order chi connectivity index (χ0) is 20.8. The smallest absolute Gasteiger partial charge is 0.387 e. The Morgan fingerprint density at radius 3 is 2.86 bits per heavy atom. The SMILES string of the molecule is COc1cc(CN(C)C(=O)[C@H]2CCCN(c3cnccn3)C2)ccc1OC(F)F. The van der Waals surface area contributed by atoms with Crippen molar-refractivity contribution >= 4 is 11.7 Å². The molecule has 156 valence electrons. The molecule has 0 unspecified atom stereocenters. The number of rotatable bonds is 7. The number of ether oxygens (including phenoxy) is 2. The highest BCUT2D eigenvalue weighted by Gasteiger charge is 2.28. The van der Waals surface area contributed by atoms with Crippen LogP contribution in [-0.2, 0) is 11.3 Å². The minimum absolute atomic E-state index is 0.0328. The molecular weight excluding hydrogens is 382 g/mol. The third-order valence-electron chi connectivity index (χ3n) is 4.88. The lowest BCUT2D eigenvalue weighted by Gasteiger charge is -2.34.